The molecule has 19 heavy (non-hydrogen) atoms. The molecule has 1 N–H and O–H groups in total. The molecule has 4 nitrogen and oxygen atoms in total. The number of rotatable bonds is 2. The number of aromatic nitrogens is 2. The topological polar surface area (TPSA) is 46.4 Å². The lowest BCUT2D eigenvalue weighted by molar-refractivity contribution is -0.114. The van der Waals surface area contributed by atoms with Crippen molar-refractivity contribution in [3.63, 3.8) is 0 Å². The summed E-state index contributed by atoms with van der Waals surface area (Å²) in [5.41, 5.74) is 3.09. The monoisotopic (exact) mass is 271 g/mol. The van der Waals surface area contributed by atoms with Gasteiger partial charge in [-0.1, -0.05) is 12.1 Å². The zero-order chi connectivity index (χ0) is 13.4. The third-order valence-electron chi connectivity index (χ3n) is 2.90. The fraction of sp³-hybridized carbons (Fsp3) is 0.143. The zero-order valence-corrected chi connectivity index (χ0v) is 11.5. The number of imidazole rings is 1. The molecule has 0 aliphatic carbocycles. The standard InChI is InChI=1S/C14H13N3OS/c1-9-13(17-8-7-15-14(17)19-9)11-3-5-12(6-4-11)16-10(2)18/h3-8H,1-2H3,(H,16,18). The highest BCUT2D eigenvalue weighted by Gasteiger charge is 2.11. The van der Waals surface area contributed by atoms with Crippen LogP contribution in [0.3, 0.4) is 0 Å². The van der Waals surface area contributed by atoms with Crippen LogP contribution in [0, 0.1) is 6.92 Å². The van der Waals surface area contributed by atoms with Crippen molar-refractivity contribution in [2.24, 2.45) is 0 Å². The Bertz CT molecular complexity index is 740. The minimum Gasteiger partial charge on any atom is -0.326 e. The molecule has 0 saturated carbocycles. The van der Waals surface area contributed by atoms with Crippen molar-refractivity contribution < 1.29 is 4.79 Å². The van der Waals surface area contributed by atoms with Gasteiger partial charge in [0.2, 0.25) is 5.91 Å². The molecule has 1 amide bonds. The van der Waals surface area contributed by atoms with Crippen LogP contribution in [0.2, 0.25) is 0 Å². The second-order valence-corrected chi connectivity index (χ2v) is 5.53. The molecule has 0 bridgehead atoms. The summed E-state index contributed by atoms with van der Waals surface area (Å²) in [6.45, 7) is 3.60. The quantitative estimate of drug-likeness (QED) is 0.777. The van der Waals surface area contributed by atoms with Crippen LogP contribution in [0.25, 0.3) is 16.2 Å². The van der Waals surface area contributed by atoms with Crippen LogP contribution in [-0.4, -0.2) is 15.3 Å². The van der Waals surface area contributed by atoms with Gasteiger partial charge in [0.15, 0.2) is 4.96 Å². The Morgan fingerprint density at radius 2 is 2.05 bits per heavy atom. The highest BCUT2D eigenvalue weighted by molar-refractivity contribution is 7.17. The summed E-state index contributed by atoms with van der Waals surface area (Å²) >= 11 is 1.68. The minimum absolute atomic E-state index is 0.0588. The van der Waals surface area contributed by atoms with E-state index in [-0.39, 0.29) is 5.91 Å². The minimum atomic E-state index is -0.0588. The predicted octanol–water partition coefficient (Wildman–Crippen LogP) is 3.33. The number of hydrogen-bond acceptors (Lipinski definition) is 3. The Kier molecular flexibility index (Phi) is 2.83. The van der Waals surface area contributed by atoms with Crippen LogP contribution in [0.1, 0.15) is 11.8 Å². The molecule has 0 aliphatic heterocycles. The maximum atomic E-state index is 11.0. The molecule has 2 heterocycles. The predicted molar refractivity (Wildman–Crippen MR) is 77.5 cm³/mol. The molecule has 0 atom stereocenters. The SMILES string of the molecule is CC(=O)Nc1ccc(-c2c(C)sc3nccn23)cc1. The summed E-state index contributed by atoms with van der Waals surface area (Å²) in [5.74, 6) is -0.0588. The smallest absolute Gasteiger partial charge is 0.221 e. The van der Waals surface area contributed by atoms with Gasteiger partial charge in [-0.15, -0.1) is 11.3 Å². The second kappa shape index (κ2) is 4.51. The Morgan fingerprint density at radius 1 is 1.32 bits per heavy atom. The van der Waals surface area contributed by atoms with Gasteiger partial charge in [-0.05, 0) is 24.6 Å². The number of aryl methyl sites for hydroxylation is 1. The lowest BCUT2D eigenvalue weighted by atomic mass is 10.1. The van der Waals surface area contributed by atoms with Crippen molar-refractivity contribution in [2.75, 3.05) is 5.32 Å². The molecular formula is C14H13N3OS. The molecule has 1 aromatic carbocycles. The van der Waals surface area contributed by atoms with E-state index in [1.165, 1.54) is 11.8 Å². The van der Waals surface area contributed by atoms with E-state index >= 15 is 0 Å². The van der Waals surface area contributed by atoms with E-state index in [9.17, 15) is 4.79 Å². The first-order chi connectivity index (χ1) is 9.15. The van der Waals surface area contributed by atoms with E-state index in [0.29, 0.717) is 0 Å². The van der Waals surface area contributed by atoms with Gasteiger partial charge < -0.3 is 5.32 Å². The summed E-state index contributed by atoms with van der Waals surface area (Å²) in [6.07, 6.45) is 3.77. The van der Waals surface area contributed by atoms with E-state index in [2.05, 4.69) is 21.6 Å². The lowest BCUT2D eigenvalue weighted by Crippen LogP contribution is -2.05. The molecule has 0 radical (unpaired) electrons. The molecule has 0 saturated heterocycles. The van der Waals surface area contributed by atoms with E-state index in [4.69, 9.17) is 0 Å². The number of fused-ring (bicyclic) bond motifs is 1. The number of benzene rings is 1. The Hall–Kier alpha value is -2.14. The first-order valence-electron chi connectivity index (χ1n) is 5.95. The molecule has 0 aliphatic rings. The summed E-state index contributed by atoms with van der Waals surface area (Å²) in [5, 5.41) is 2.77. The fourth-order valence-electron chi connectivity index (χ4n) is 2.15. The van der Waals surface area contributed by atoms with Crippen molar-refractivity contribution in [3.05, 3.63) is 41.5 Å². The van der Waals surface area contributed by atoms with Gasteiger partial charge in [0.1, 0.15) is 0 Å². The summed E-state index contributed by atoms with van der Waals surface area (Å²) in [6, 6.07) is 7.85. The molecule has 0 fully saturated rings. The van der Waals surface area contributed by atoms with Gasteiger partial charge in [0.05, 0.1) is 5.69 Å². The first kappa shape index (κ1) is 11.9. The van der Waals surface area contributed by atoms with Crippen molar-refractivity contribution in [2.45, 2.75) is 13.8 Å². The van der Waals surface area contributed by atoms with Gasteiger partial charge >= 0.3 is 0 Å². The summed E-state index contributed by atoms with van der Waals surface area (Å²) < 4.78 is 2.09. The Morgan fingerprint density at radius 3 is 2.74 bits per heavy atom. The maximum absolute atomic E-state index is 11.0. The molecular weight excluding hydrogens is 258 g/mol. The van der Waals surface area contributed by atoms with E-state index < -0.39 is 0 Å². The maximum Gasteiger partial charge on any atom is 0.221 e. The van der Waals surface area contributed by atoms with Gasteiger partial charge in [-0.3, -0.25) is 9.20 Å². The van der Waals surface area contributed by atoms with Gasteiger partial charge in [0.25, 0.3) is 0 Å². The number of hydrogen-bond donors (Lipinski definition) is 1. The van der Waals surface area contributed by atoms with E-state index in [1.54, 1.807) is 17.5 Å². The molecule has 96 valence electrons. The van der Waals surface area contributed by atoms with E-state index in [1.807, 2.05) is 30.5 Å². The largest absolute Gasteiger partial charge is 0.326 e. The zero-order valence-electron chi connectivity index (χ0n) is 10.7. The number of carbonyl (C=O) groups excluding carboxylic acids is 1. The van der Waals surface area contributed by atoms with Crippen molar-refractivity contribution >= 4 is 27.9 Å². The number of nitrogens with zero attached hydrogens (tertiary/aromatic N) is 2. The highest BCUT2D eigenvalue weighted by atomic mass is 32.1. The molecule has 2 aromatic heterocycles. The number of carbonyl (C=O) groups is 1. The van der Waals surface area contributed by atoms with Crippen molar-refractivity contribution in [3.8, 4) is 11.3 Å². The molecule has 3 aromatic rings. The average molecular weight is 271 g/mol. The Balaban J connectivity index is 2.04. The third-order valence-corrected chi connectivity index (χ3v) is 3.89. The number of nitrogens with one attached hydrogen (secondary N) is 1. The summed E-state index contributed by atoms with van der Waals surface area (Å²) in [7, 11) is 0. The van der Waals surface area contributed by atoms with Crippen LogP contribution >= 0.6 is 11.3 Å². The highest BCUT2D eigenvalue weighted by Crippen LogP contribution is 2.31. The van der Waals surface area contributed by atoms with Crippen LogP contribution < -0.4 is 5.32 Å². The van der Waals surface area contributed by atoms with Gasteiger partial charge in [0, 0.05) is 29.9 Å². The van der Waals surface area contributed by atoms with Gasteiger partial charge in [-0.25, -0.2) is 4.98 Å². The van der Waals surface area contributed by atoms with Crippen LogP contribution in [-0.2, 0) is 4.79 Å². The Labute approximate surface area is 114 Å². The first-order valence-corrected chi connectivity index (χ1v) is 6.77. The normalized spacial score (nSPS) is 10.8. The second-order valence-electron chi connectivity index (χ2n) is 4.35. The third kappa shape index (κ3) is 2.13. The summed E-state index contributed by atoms with van der Waals surface area (Å²) in [4.78, 5) is 17.5. The molecule has 0 spiro atoms. The van der Waals surface area contributed by atoms with Crippen LogP contribution in [0.15, 0.2) is 36.7 Å². The molecule has 5 heteroatoms. The van der Waals surface area contributed by atoms with Crippen LogP contribution in [0.5, 0.6) is 0 Å². The molecule has 3 rings (SSSR count). The number of thiazole rings is 1. The van der Waals surface area contributed by atoms with Crippen molar-refractivity contribution in [1.29, 1.82) is 0 Å². The lowest BCUT2D eigenvalue weighted by Gasteiger charge is -2.05. The number of amides is 1. The average Bonchev–Trinajstić information content (AvgIpc) is 2.89. The number of anilines is 1. The fourth-order valence-corrected chi connectivity index (χ4v) is 3.10. The van der Waals surface area contributed by atoms with Crippen molar-refractivity contribution in [1.82, 2.24) is 9.38 Å². The van der Waals surface area contributed by atoms with E-state index in [0.717, 1.165) is 21.9 Å². The van der Waals surface area contributed by atoms with Crippen LogP contribution in [0.4, 0.5) is 5.69 Å². The van der Waals surface area contributed by atoms with Gasteiger partial charge in [-0.2, -0.15) is 0 Å². The molecule has 0 unspecified atom stereocenters.